The van der Waals surface area contributed by atoms with Gasteiger partial charge in [0.1, 0.15) is 17.1 Å². The average molecular weight is 643 g/mol. The van der Waals surface area contributed by atoms with Crippen LogP contribution in [0.15, 0.2) is 62.6 Å². The molecule has 3 aromatic carbocycles. The Bertz CT molecular complexity index is 1510. The number of hydrogen-bond acceptors (Lipinski definition) is 11. The van der Waals surface area contributed by atoms with Crippen LogP contribution >= 0.6 is 0 Å². The summed E-state index contributed by atoms with van der Waals surface area (Å²) in [6, 6.07) is 14.0. The van der Waals surface area contributed by atoms with E-state index in [9.17, 15) is 9.90 Å². The van der Waals surface area contributed by atoms with E-state index in [2.05, 4.69) is 0 Å². The smallest absolute Gasteiger partial charge is 0.391 e. The average Bonchev–Trinajstić information content (AvgIpc) is 3.06. The van der Waals surface area contributed by atoms with Crippen molar-refractivity contribution in [3.8, 4) is 40.2 Å². The molecule has 0 radical (unpaired) electrons. The first-order chi connectivity index (χ1) is 21.9. The molecule has 0 amide bonds. The van der Waals surface area contributed by atoms with Crippen LogP contribution in [0.5, 0.6) is 40.2 Å². The maximum absolute atomic E-state index is 13.5. The number of rotatable bonds is 17. The third-order valence-electron chi connectivity index (χ3n) is 6.95. The number of para-hydroxylation sites is 1. The first-order valence-corrected chi connectivity index (χ1v) is 15.6. The van der Waals surface area contributed by atoms with E-state index in [0.29, 0.717) is 51.4 Å². The number of methoxy groups -OCH3 is 6. The highest BCUT2D eigenvalue weighted by Gasteiger charge is 2.29. The minimum Gasteiger partial charge on any atom is -0.868 e. The van der Waals surface area contributed by atoms with Crippen molar-refractivity contribution in [2.24, 2.45) is 0 Å². The van der Waals surface area contributed by atoms with Crippen LogP contribution in [0, 0.1) is 0 Å². The lowest BCUT2D eigenvalue weighted by Gasteiger charge is -2.17. The Morgan fingerprint density at radius 2 is 1.11 bits per heavy atom. The van der Waals surface area contributed by atoms with Gasteiger partial charge in [0.2, 0.25) is 16.4 Å². The van der Waals surface area contributed by atoms with E-state index in [1.54, 1.807) is 66.9 Å². The molecule has 0 aliphatic rings. The van der Waals surface area contributed by atoms with Crippen LogP contribution < -0.4 is 39.2 Å². The van der Waals surface area contributed by atoms with Crippen LogP contribution in [0.4, 0.5) is 0 Å². The van der Waals surface area contributed by atoms with Gasteiger partial charge in [-0.1, -0.05) is 18.2 Å². The highest BCUT2D eigenvalue weighted by Crippen LogP contribution is 2.39. The predicted molar refractivity (Wildman–Crippen MR) is 169 cm³/mol. The Morgan fingerprint density at radius 1 is 0.667 bits per heavy atom. The summed E-state index contributed by atoms with van der Waals surface area (Å²) >= 11 is 0. The van der Waals surface area contributed by atoms with Crippen LogP contribution in [0.1, 0.15) is 11.1 Å². The Labute approximate surface area is 264 Å². The Balaban J connectivity index is 1.49. The van der Waals surface area contributed by atoms with Gasteiger partial charge in [0, 0.05) is 16.3 Å². The fourth-order valence-corrected chi connectivity index (χ4v) is 6.70. The second-order valence-electron chi connectivity index (χ2n) is 9.62. The van der Waals surface area contributed by atoms with Crippen molar-refractivity contribution in [3.63, 3.8) is 0 Å². The summed E-state index contributed by atoms with van der Waals surface area (Å²) in [4.78, 5) is 13.2. The summed E-state index contributed by atoms with van der Waals surface area (Å²) in [5, 5.41) is 13.9. The first kappa shape index (κ1) is 33.6. The molecule has 1 heterocycles. The first-order valence-electron chi connectivity index (χ1n) is 14.0. The predicted octanol–water partition coefficient (Wildman–Crippen LogP) is 4.33. The van der Waals surface area contributed by atoms with E-state index in [4.69, 9.17) is 42.3 Å². The monoisotopic (exact) mass is 642 g/mol. The summed E-state index contributed by atoms with van der Waals surface area (Å²) in [6.07, 6.45) is 0. The molecule has 12 heteroatoms. The second kappa shape index (κ2) is 16.2. The lowest BCUT2D eigenvalue weighted by Crippen LogP contribution is -2.27. The van der Waals surface area contributed by atoms with Crippen LogP contribution in [-0.4, -0.2) is 67.4 Å². The zero-order chi connectivity index (χ0) is 32.3. The van der Waals surface area contributed by atoms with Crippen LogP contribution in [0.25, 0.3) is 11.0 Å². The molecule has 0 atom stereocenters. The Hall–Kier alpha value is -4.26. The van der Waals surface area contributed by atoms with Gasteiger partial charge in [-0.15, -0.1) is 0 Å². The summed E-state index contributed by atoms with van der Waals surface area (Å²) < 4.78 is 50.1. The normalized spacial score (nSPS) is 11.1. The van der Waals surface area contributed by atoms with E-state index < -0.39 is 16.5 Å². The van der Waals surface area contributed by atoms with Gasteiger partial charge in [-0.2, -0.15) is 0 Å². The maximum Gasteiger partial charge on any atom is 0.391 e. The highest BCUT2D eigenvalue weighted by molar-refractivity contribution is 7.97. The van der Waals surface area contributed by atoms with Gasteiger partial charge in [0.05, 0.1) is 69.1 Å². The van der Waals surface area contributed by atoms with Gasteiger partial charge < -0.3 is 47.4 Å². The zero-order valence-corrected chi connectivity index (χ0v) is 27.1. The Kier molecular flexibility index (Phi) is 12.1. The molecule has 0 saturated carbocycles. The van der Waals surface area contributed by atoms with E-state index in [1.807, 2.05) is 24.3 Å². The van der Waals surface area contributed by atoms with Crippen LogP contribution in [0.2, 0.25) is 0 Å². The van der Waals surface area contributed by atoms with Gasteiger partial charge in [-0.05, 0) is 47.2 Å². The zero-order valence-electron chi connectivity index (χ0n) is 26.3. The van der Waals surface area contributed by atoms with Crippen molar-refractivity contribution in [2.45, 2.75) is 18.1 Å². The largest absolute Gasteiger partial charge is 0.868 e. The van der Waals surface area contributed by atoms with Gasteiger partial charge in [0.15, 0.2) is 23.0 Å². The molecule has 0 fully saturated rings. The van der Waals surface area contributed by atoms with Crippen LogP contribution in [-0.2, 0) is 33.6 Å². The van der Waals surface area contributed by atoms with E-state index in [0.717, 1.165) is 11.1 Å². The summed E-state index contributed by atoms with van der Waals surface area (Å²) in [5.41, 5.74) is 1.24. The summed E-state index contributed by atoms with van der Waals surface area (Å²) in [7, 11) is 8.45. The molecule has 45 heavy (non-hydrogen) atoms. The van der Waals surface area contributed by atoms with E-state index >= 15 is 0 Å². The lowest BCUT2D eigenvalue weighted by atomic mass is 10.2. The molecule has 0 bridgehead atoms. The molecule has 4 aromatic rings. The number of fused-ring (bicyclic) bond motifs is 1. The van der Waals surface area contributed by atoms with Crippen molar-refractivity contribution in [2.75, 3.05) is 67.4 Å². The number of benzene rings is 3. The molecule has 0 saturated heterocycles. The fraction of sp³-hybridized carbons (Fsp3) is 0.364. The van der Waals surface area contributed by atoms with E-state index in [1.165, 1.54) is 0 Å². The van der Waals surface area contributed by atoms with E-state index in [-0.39, 0.29) is 42.7 Å². The third-order valence-corrected chi connectivity index (χ3v) is 9.20. The molecule has 0 spiro atoms. The van der Waals surface area contributed by atoms with Gasteiger partial charge in [-0.25, -0.2) is 4.79 Å². The summed E-state index contributed by atoms with van der Waals surface area (Å²) in [6.45, 7) is 1.06. The number of ether oxygens (including phenoxy) is 8. The highest BCUT2D eigenvalue weighted by atomic mass is 32.2. The Morgan fingerprint density at radius 3 is 1.53 bits per heavy atom. The van der Waals surface area contributed by atoms with Crippen molar-refractivity contribution in [1.82, 2.24) is 0 Å². The molecule has 1 aromatic heterocycles. The summed E-state index contributed by atoms with van der Waals surface area (Å²) in [5.74, 6) is 3.54. The van der Waals surface area contributed by atoms with Crippen molar-refractivity contribution in [1.29, 1.82) is 0 Å². The minimum atomic E-state index is -0.824. The maximum atomic E-state index is 13.5. The van der Waals surface area contributed by atoms with Gasteiger partial charge in [-0.3, -0.25) is 0 Å². The van der Waals surface area contributed by atoms with Crippen molar-refractivity contribution in [3.05, 3.63) is 70.1 Å². The second-order valence-corrected chi connectivity index (χ2v) is 11.8. The van der Waals surface area contributed by atoms with Crippen molar-refractivity contribution < 1.29 is 47.4 Å². The number of hydrogen-bond donors (Lipinski definition) is 0. The topological polar surface area (TPSA) is 127 Å². The van der Waals surface area contributed by atoms with Gasteiger partial charge >= 0.3 is 5.63 Å². The van der Waals surface area contributed by atoms with Gasteiger partial charge in [0.25, 0.3) is 0 Å². The quantitative estimate of drug-likeness (QED) is 0.0928. The third kappa shape index (κ3) is 7.88. The molecule has 0 aliphatic heterocycles. The lowest BCUT2D eigenvalue weighted by molar-refractivity contribution is -0.270. The molecule has 242 valence electrons. The molecule has 0 aliphatic carbocycles. The standard InChI is InChI=1S/C33H38O11S/c1-36-25-15-21(16-26(37-2)30(25)40-5)19-42-11-13-45(32-29(34)23-9-7-8-10-24(23)44-33(32)35)14-12-43-20-22-17-27(38-3)31(41-6)28(18-22)39-4/h7-10,15-18H,11-14,19-20H2,1-6H3. The molecular weight excluding hydrogens is 604 g/mol. The van der Waals surface area contributed by atoms with Crippen molar-refractivity contribution >= 4 is 21.9 Å². The molecule has 11 nitrogen and oxygen atoms in total. The SMILES string of the molecule is COc1cc(COCC[S+](CCOCc2cc(OC)c(OC)c(OC)c2)c2c([O-])c3ccccc3oc2=O)cc(OC)c1OC. The minimum absolute atomic E-state index is 0.112. The molecule has 0 N–H and O–H groups in total. The molecule has 4 rings (SSSR count). The molecular formula is C33H38O11S. The van der Waals surface area contributed by atoms with Crippen LogP contribution in [0.3, 0.4) is 0 Å². The molecule has 0 unspecified atom stereocenters. The fourth-order valence-electron chi connectivity index (χ4n) is 4.80.